The predicted octanol–water partition coefficient (Wildman–Crippen LogP) is 6.04. The Hall–Kier alpha value is -3.84. The molecular formula is C32H37N3O4. The van der Waals surface area contributed by atoms with Crippen LogP contribution in [0.15, 0.2) is 84.9 Å². The second-order valence-electron chi connectivity index (χ2n) is 10.9. The first-order chi connectivity index (χ1) is 18.9. The maximum absolute atomic E-state index is 13.8. The molecule has 1 aliphatic heterocycles. The largest absolute Gasteiger partial charge is 0.497 e. The summed E-state index contributed by atoms with van der Waals surface area (Å²) in [6, 6.07) is 27.5. The van der Waals surface area contributed by atoms with Crippen molar-refractivity contribution in [2.24, 2.45) is 0 Å². The van der Waals surface area contributed by atoms with Gasteiger partial charge in [-0.3, -0.25) is 4.90 Å². The fourth-order valence-corrected chi connectivity index (χ4v) is 6.22. The number of amides is 3. The van der Waals surface area contributed by atoms with E-state index >= 15 is 0 Å². The first kappa shape index (κ1) is 26.8. The zero-order valence-electron chi connectivity index (χ0n) is 23.0. The molecule has 39 heavy (non-hydrogen) atoms. The number of hydrogen-bond acceptors (Lipinski definition) is 5. The average Bonchev–Trinajstić information content (AvgIpc) is 3.23. The van der Waals surface area contributed by atoms with Crippen LogP contribution in [0.5, 0.6) is 5.75 Å². The van der Waals surface area contributed by atoms with Gasteiger partial charge in [-0.15, -0.1) is 0 Å². The van der Waals surface area contributed by atoms with Crippen LogP contribution >= 0.6 is 0 Å². The van der Waals surface area contributed by atoms with Crippen LogP contribution in [-0.2, 0) is 23.4 Å². The number of benzene rings is 3. The summed E-state index contributed by atoms with van der Waals surface area (Å²) in [5, 5.41) is 0. The molecular weight excluding hydrogens is 490 g/mol. The molecule has 2 fully saturated rings. The molecule has 1 saturated carbocycles. The van der Waals surface area contributed by atoms with Gasteiger partial charge in [0.1, 0.15) is 12.4 Å². The summed E-state index contributed by atoms with van der Waals surface area (Å²) in [6.07, 6.45) is 2.49. The third-order valence-corrected chi connectivity index (χ3v) is 8.52. The molecule has 1 aliphatic carbocycles. The van der Waals surface area contributed by atoms with E-state index in [1.54, 1.807) is 12.0 Å². The Bertz CT molecular complexity index is 1270. The van der Waals surface area contributed by atoms with E-state index in [2.05, 4.69) is 43.3 Å². The molecule has 3 aromatic carbocycles. The molecule has 0 radical (unpaired) electrons. The monoisotopic (exact) mass is 527 g/mol. The number of nitrogens with zero attached hydrogens (tertiary/aromatic N) is 3. The zero-order valence-corrected chi connectivity index (χ0v) is 23.0. The fourth-order valence-electron chi connectivity index (χ4n) is 6.22. The summed E-state index contributed by atoms with van der Waals surface area (Å²) in [7, 11) is 5.87. The molecule has 7 heteroatoms. The highest BCUT2D eigenvalue weighted by Crippen LogP contribution is 2.49. The molecule has 1 spiro atoms. The summed E-state index contributed by atoms with van der Waals surface area (Å²) in [4.78, 5) is 32.9. The van der Waals surface area contributed by atoms with Crippen LogP contribution in [0.4, 0.5) is 9.59 Å². The highest BCUT2D eigenvalue weighted by Gasteiger charge is 2.57. The molecule has 0 unspecified atom stereocenters. The number of methoxy groups -OCH3 is 1. The molecule has 3 aromatic rings. The van der Waals surface area contributed by atoms with Crippen molar-refractivity contribution in [3.8, 4) is 5.75 Å². The van der Waals surface area contributed by atoms with Crippen molar-refractivity contribution in [2.75, 3.05) is 27.7 Å². The van der Waals surface area contributed by atoms with Gasteiger partial charge < -0.3 is 14.4 Å². The van der Waals surface area contributed by atoms with Crippen molar-refractivity contribution < 1.29 is 19.1 Å². The standard InChI is InChI=1S/C32H37N3O4/c1-33(2)32(27-12-8-5-9-13-27)20-18-31(19-21-32)24-34(22-25-14-16-28(38-3)17-15-25)29(36)35(31)30(37)39-23-26-10-6-4-7-11-26/h4-17H,18-24H2,1-3H3/t31-,32-. The van der Waals surface area contributed by atoms with Crippen LogP contribution in [0.2, 0.25) is 0 Å². The average molecular weight is 528 g/mol. The van der Waals surface area contributed by atoms with Crippen molar-refractivity contribution in [2.45, 2.75) is 49.9 Å². The Kier molecular flexibility index (Phi) is 7.62. The number of hydrogen-bond donors (Lipinski definition) is 0. The van der Waals surface area contributed by atoms with Gasteiger partial charge in [0.15, 0.2) is 0 Å². The number of rotatable bonds is 7. The minimum atomic E-state index is -0.619. The van der Waals surface area contributed by atoms with E-state index in [-0.39, 0.29) is 18.2 Å². The van der Waals surface area contributed by atoms with E-state index in [0.29, 0.717) is 25.9 Å². The van der Waals surface area contributed by atoms with Gasteiger partial charge in [-0.25, -0.2) is 14.5 Å². The first-order valence-corrected chi connectivity index (χ1v) is 13.5. The molecule has 204 valence electrons. The van der Waals surface area contributed by atoms with Crippen LogP contribution in [0.3, 0.4) is 0 Å². The number of imide groups is 1. The lowest BCUT2D eigenvalue weighted by atomic mass is 9.68. The van der Waals surface area contributed by atoms with Crippen molar-refractivity contribution in [3.05, 3.63) is 102 Å². The molecule has 0 bridgehead atoms. The summed E-state index contributed by atoms with van der Waals surface area (Å²) in [6.45, 7) is 1.03. The molecule has 0 aromatic heterocycles. The molecule has 7 nitrogen and oxygen atoms in total. The lowest BCUT2D eigenvalue weighted by molar-refractivity contribution is 0.0181. The molecule has 0 atom stereocenters. The summed E-state index contributed by atoms with van der Waals surface area (Å²) < 4.78 is 11.0. The van der Waals surface area contributed by atoms with Gasteiger partial charge in [-0.2, -0.15) is 0 Å². The van der Waals surface area contributed by atoms with Gasteiger partial charge in [0, 0.05) is 18.6 Å². The maximum atomic E-state index is 13.8. The molecule has 3 amide bonds. The highest BCUT2D eigenvalue weighted by atomic mass is 16.6. The predicted molar refractivity (Wildman–Crippen MR) is 150 cm³/mol. The second kappa shape index (κ2) is 11.1. The Morgan fingerprint density at radius 3 is 2.05 bits per heavy atom. The maximum Gasteiger partial charge on any atom is 0.418 e. The first-order valence-electron chi connectivity index (χ1n) is 13.5. The van der Waals surface area contributed by atoms with Gasteiger partial charge in [-0.1, -0.05) is 72.8 Å². The SMILES string of the molecule is COc1ccc(CN2C[C@]3(CC[C@@](c4ccccc4)(N(C)C)CC3)N(C(=O)OCc3ccccc3)C2=O)cc1. The molecule has 0 N–H and O–H groups in total. The minimum absolute atomic E-state index is 0.129. The van der Waals surface area contributed by atoms with Gasteiger partial charge in [0.2, 0.25) is 0 Å². The van der Waals surface area contributed by atoms with E-state index in [1.165, 1.54) is 10.5 Å². The third-order valence-electron chi connectivity index (χ3n) is 8.52. The van der Waals surface area contributed by atoms with E-state index in [1.807, 2.05) is 60.7 Å². The third kappa shape index (κ3) is 5.23. The van der Waals surface area contributed by atoms with Crippen LogP contribution in [0.1, 0.15) is 42.4 Å². The lowest BCUT2D eigenvalue weighted by Crippen LogP contribution is -2.57. The van der Waals surface area contributed by atoms with Crippen LogP contribution in [0, 0.1) is 0 Å². The second-order valence-corrected chi connectivity index (χ2v) is 10.9. The number of carbonyl (C=O) groups is 2. The molecule has 5 rings (SSSR count). The van der Waals surface area contributed by atoms with E-state index in [9.17, 15) is 9.59 Å². The van der Waals surface area contributed by atoms with Crippen molar-refractivity contribution in [1.29, 1.82) is 0 Å². The van der Waals surface area contributed by atoms with Crippen LogP contribution in [-0.4, -0.2) is 60.1 Å². The number of carbonyl (C=O) groups excluding carboxylic acids is 2. The van der Waals surface area contributed by atoms with Crippen LogP contribution in [0.25, 0.3) is 0 Å². The van der Waals surface area contributed by atoms with Crippen molar-refractivity contribution >= 4 is 12.1 Å². The number of ether oxygens (including phenoxy) is 2. The van der Waals surface area contributed by atoms with E-state index < -0.39 is 11.6 Å². The summed E-state index contributed by atoms with van der Waals surface area (Å²) >= 11 is 0. The Balaban J connectivity index is 1.41. The van der Waals surface area contributed by atoms with Gasteiger partial charge in [0.05, 0.1) is 12.6 Å². The minimum Gasteiger partial charge on any atom is -0.497 e. The van der Waals surface area contributed by atoms with Gasteiger partial charge in [-0.05, 0) is 68.6 Å². The highest BCUT2D eigenvalue weighted by molar-refractivity contribution is 5.94. The lowest BCUT2D eigenvalue weighted by Gasteiger charge is -2.50. The van der Waals surface area contributed by atoms with Gasteiger partial charge >= 0.3 is 12.1 Å². The Labute approximate surface area is 230 Å². The smallest absolute Gasteiger partial charge is 0.418 e. The van der Waals surface area contributed by atoms with E-state index in [4.69, 9.17) is 9.47 Å². The van der Waals surface area contributed by atoms with Crippen LogP contribution < -0.4 is 4.74 Å². The summed E-state index contributed by atoms with van der Waals surface area (Å²) in [5.74, 6) is 0.766. The summed E-state index contributed by atoms with van der Waals surface area (Å²) in [5.41, 5.74) is 2.37. The number of urea groups is 1. The normalized spacial score (nSPS) is 22.9. The quantitative estimate of drug-likeness (QED) is 0.375. The van der Waals surface area contributed by atoms with Crippen molar-refractivity contribution in [1.82, 2.24) is 14.7 Å². The molecule has 1 saturated heterocycles. The molecule has 1 heterocycles. The topological polar surface area (TPSA) is 62.3 Å². The van der Waals surface area contributed by atoms with Crippen molar-refractivity contribution in [3.63, 3.8) is 0 Å². The molecule has 2 aliphatic rings. The fraction of sp³-hybridized carbons (Fsp3) is 0.375. The Morgan fingerprint density at radius 1 is 0.846 bits per heavy atom. The van der Waals surface area contributed by atoms with Gasteiger partial charge in [0.25, 0.3) is 0 Å². The Morgan fingerprint density at radius 2 is 1.46 bits per heavy atom. The zero-order chi connectivity index (χ0) is 27.5. The van der Waals surface area contributed by atoms with E-state index in [0.717, 1.165) is 29.7 Å².